The summed E-state index contributed by atoms with van der Waals surface area (Å²) in [6.07, 6.45) is 1.47. The minimum atomic E-state index is -0.174. The van der Waals surface area contributed by atoms with E-state index in [1.54, 1.807) is 14.0 Å². The number of carbonyl (C=O) groups is 1. The molecule has 2 aromatic rings. The molecule has 18 heavy (non-hydrogen) atoms. The molecule has 7 heteroatoms. The van der Waals surface area contributed by atoms with Gasteiger partial charge >= 0.3 is 0 Å². The SMILES string of the molecule is Cc1c(C(=O)NCCS)sc2ncn(C)c(=O)c12. The Balaban J connectivity index is 2.55. The number of nitrogens with zero attached hydrogens (tertiary/aromatic N) is 2. The second-order valence-corrected chi connectivity index (χ2v) is 5.32. The Kier molecular flexibility index (Phi) is 3.72. The van der Waals surface area contributed by atoms with Gasteiger partial charge in [-0.1, -0.05) is 0 Å². The van der Waals surface area contributed by atoms with Crippen molar-refractivity contribution in [3.8, 4) is 0 Å². The van der Waals surface area contributed by atoms with Crippen LogP contribution in [0, 0.1) is 6.92 Å². The molecule has 1 amide bonds. The second-order valence-electron chi connectivity index (χ2n) is 3.88. The number of hydrogen-bond donors (Lipinski definition) is 2. The Labute approximate surface area is 113 Å². The lowest BCUT2D eigenvalue weighted by atomic mass is 10.2. The molecule has 0 fully saturated rings. The highest BCUT2D eigenvalue weighted by molar-refractivity contribution is 7.80. The number of fused-ring (bicyclic) bond motifs is 1. The van der Waals surface area contributed by atoms with Crippen LogP contribution in [0.25, 0.3) is 10.2 Å². The maximum atomic E-state index is 12.0. The van der Waals surface area contributed by atoms with Gasteiger partial charge in [-0.2, -0.15) is 12.6 Å². The van der Waals surface area contributed by atoms with Crippen molar-refractivity contribution in [3.63, 3.8) is 0 Å². The van der Waals surface area contributed by atoms with Crippen molar-refractivity contribution in [2.75, 3.05) is 12.3 Å². The predicted octanol–water partition coefficient (Wildman–Crippen LogP) is 0.963. The fourth-order valence-corrected chi connectivity index (χ4v) is 2.84. The summed E-state index contributed by atoms with van der Waals surface area (Å²) in [5, 5.41) is 3.27. The molecule has 0 unspecified atom stereocenters. The molecule has 0 saturated heterocycles. The Morgan fingerprint density at radius 1 is 1.61 bits per heavy atom. The summed E-state index contributed by atoms with van der Waals surface area (Å²) >= 11 is 5.28. The number of aryl methyl sites for hydroxylation is 2. The summed E-state index contributed by atoms with van der Waals surface area (Å²) in [7, 11) is 1.65. The van der Waals surface area contributed by atoms with Crippen molar-refractivity contribution in [2.45, 2.75) is 6.92 Å². The van der Waals surface area contributed by atoms with E-state index in [9.17, 15) is 9.59 Å². The number of aromatic nitrogens is 2. The first-order valence-electron chi connectivity index (χ1n) is 5.40. The molecule has 1 N–H and O–H groups in total. The van der Waals surface area contributed by atoms with Crippen LogP contribution >= 0.6 is 24.0 Å². The smallest absolute Gasteiger partial charge is 0.262 e. The molecule has 5 nitrogen and oxygen atoms in total. The van der Waals surface area contributed by atoms with E-state index in [0.29, 0.717) is 33.0 Å². The Hall–Kier alpha value is -1.34. The number of hydrogen-bond acceptors (Lipinski definition) is 5. The molecule has 0 saturated carbocycles. The first-order chi connectivity index (χ1) is 8.56. The van der Waals surface area contributed by atoms with Gasteiger partial charge in [-0.3, -0.25) is 9.59 Å². The van der Waals surface area contributed by atoms with Crippen LogP contribution in [0.3, 0.4) is 0 Å². The van der Waals surface area contributed by atoms with Gasteiger partial charge in [-0.25, -0.2) is 4.98 Å². The molecule has 0 atom stereocenters. The lowest BCUT2D eigenvalue weighted by Gasteiger charge is -2.01. The quantitative estimate of drug-likeness (QED) is 0.825. The van der Waals surface area contributed by atoms with Crippen LogP contribution in [0.15, 0.2) is 11.1 Å². The maximum absolute atomic E-state index is 12.0. The monoisotopic (exact) mass is 283 g/mol. The van der Waals surface area contributed by atoms with E-state index < -0.39 is 0 Å². The highest BCUT2D eigenvalue weighted by Gasteiger charge is 2.18. The van der Waals surface area contributed by atoms with E-state index in [2.05, 4.69) is 22.9 Å². The third-order valence-corrected chi connectivity index (χ3v) is 4.04. The maximum Gasteiger partial charge on any atom is 0.262 e. The average molecular weight is 283 g/mol. The largest absolute Gasteiger partial charge is 0.351 e. The second kappa shape index (κ2) is 5.11. The molecule has 0 aliphatic heterocycles. The molecule has 2 aromatic heterocycles. The Morgan fingerprint density at radius 2 is 2.33 bits per heavy atom. The minimum Gasteiger partial charge on any atom is -0.351 e. The van der Waals surface area contributed by atoms with Gasteiger partial charge in [-0.05, 0) is 12.5 Å². The first kappa shape index (κ1) is 13.1. The third-order valence-electron chi connectivity index (χ3n) is 2.61. The van der Waals surface area contributed by atoms with Crippen molar-refractivity contribution in [3.05, 3.63) is 27.1 Å². The number of carbonyl (C=O) groups excluding carboxylic acids is 1. The predicted molar refractivity (Wildman–Crippen MR) is 75.8 cm³/mol. The van der Waals surface area contributed by atoms with E-state index in [0.717, 1.165) is 0 Å². The number of rotatable bonds is 3. The van der Waals surface area contributed by atoms with Crippen LogP contribution in [0.5, 0.6) is 0 Å². The summed E-state index contributed by atoms with van der Waals surface area (Å²) in [6, 6.07) is 0. The van der Waals surface area contributed by atoms with Gasteiger partial charge in [0, 0.05) is 19.3 Å². The molecule has 2 heterocycles. The van der Waals surface area contributed by atoms with Crippen LogP contribution in [0.4, 0.5) is 0 Å². The lowest BCUT2D eigenvalue weighted by Crippen LogP contribution is -2.25. The number of thiol groups is 1. The first-order valence-corrected chi connectivity index (χ1v) is 6.85. The van der Waals surface area contributed by atoms with Gasteiger partial charge < -0.3 is 9.88 Å². The standard InChI is InChI=1S/C11H13N3O2S2/c1-6-7-10(13-5-14(2)11(7)16)18-8(6)9(15)12-3-4-17/h5,17H,3-4H2,1-2H3,(H,12,15). The summed E-state index contributed by atoms with van der Waals surface area (Å²) in [5.41, 5.74) is 0.572. The average Bonchev–Trinajstić information content (AvgIpc) is 2.69. The third kappa shape index (κ3) is 2.15. The zero-order chi connectivity index (χ0) is 13.3. The lowest BCUT2D eigenvalue weighted by molar-refractivity contribution is 0.0960. The zero-order valence-corrected chi connectivity index (χ0v) is 11.8. The normalized spacial score (nSPS) is 10.8. The highest BCUT2D eigenvalue weighted by Crippen LogP contribution is 2.26. The van der Waals surface area contributed by atoms with Gasteiger partial charge in [-0.15, -0.1) is 11.3 Å². The van der Waals surface area contributed by atoms with E-state index in [-0.39, 0.29) is 11.5 Å². The summed E-state index contributed by atoms with van der Waals surface area (Å²) < 4.78 is 1.41. The van der Waals surface area contributed by atoms with Crippen molar-refractivity contribution in [1.29, 1.82) is 0 Å². The number of thiophene rings is 1. The molecule has 0 spiro atoms. The van der Waals surface area contributed by atoms with Crippen LogP contribution in [0.1, 0.15) is 15.2 Å². The van der Waals surface area contributed by atoms with E-state index >= 15 is 0 Å². The molecule has 2 rings (SSSR count). The number of amides is 1. The van der Waals surface area contributed by atoms with Gasteiger partial charge in [0.1, 0.15) is 4.83 Å². The molecule has 0 aliphatic carbocycles. The summed E-state index contributed by atoms with van der Waals surface area (Å²) in [4.78, 5) is 29.2. The van der Waals surface area contributed by atoms with Crippen LogP contribution in [-0.2, 0) is 7.05 Å². The van der Waals surface area contributed by atoms with Gasteiger partial charge in [0.15, 0.2) is 0 Å². The highest BCUT2D eigenvalue weighted by atomic mass is 32.1. The molecular formula is C11H13N3O2S2. The Morgan fingerprint density at radius 3 is 3.00 bits per heavy atom. The fourth-order valence-electron chi connectivity index (χ4n) is 1.68. The molecule has 0 aliphatic rings. The molecule has 96 valence electrons. The van der Waals surface area contributed by atoms with Gasteiger partial charge in [0.2, 0.25) is 0 Å². The van der Waals surface area contributed by atoms with Crippen LogP contribution < -0.4 is 10.9 Å². The molecule has 0 aromatic carbocycles. The molecule has 0 radical (unpaired) electrons. The number of nitrogens with one attached hydrogen (secondary N) is 1. The minimum absolute atomic E-state index is 0.123. The zero-order valence-electron chi connectivity index (χ0n) is 10.1. The summed E-state index contributed by atoms with van der Waals surface area (Å²) in [6.45, 7) is 2.28. The van der Waals surface area contributed by atoms with Gasteiger partial charge in [0.25, 0.3) is 11.5 Å². The van der Waals surface area contributed by atoms with Crippen molar-refractivity contribution < 1.29 is 4.79 Å². The fraction of sp³-hybridized carbons (Fsp3) is 0.364. The molecule has 0 bridgehead atoms. The van der Waals surface area contributed by atoms with Crippen LogP contribution in [0.2, 0.25) is 0 Å². The Bertz CT molecular complexity index is 660. The van der Waals surface area contributed by atoms with Crippen LogP contribution in [-0.4, -0.2) is 27.8 Å². The van der Waals surface area contributed by atoms with E-state index in [1.807, 2.05) is 0 Å². The topological polar surface area (TPSA) is 64.0 Å². The van der Waals surface area contributed by atoms with Crippen molar-refractivity contribution >= 4 is 40.1 Å². The van der Waals surface area contributed by atoms with Crippen molar-refractivity contribution in [1.82, 2.24) is 14.9 Å². The van der Waals surface area contributed by atoms with E-state index in [1.165, 1.54) is 22.2 Å². The summed E-state index contributed by atoms with van der Waals surface area (Å²) in [5.74, 6) is 0.405. The molecular weight excluding hydrogens is 270 g/mol. The van der Waals surface area contributed by atoms with Crippen molar-refractivity contribution in [2.24, 2.45) is 7.05 Å². The van der Waals surface area contributed by atoms with E-state index in [4.69, 9.17) is 0 Å². The van der Waals surface area contributed by atoms with Gasteiger partial charge in [0.05, 0.1) is 16.6 Å².